The highest BCUT2D eigenvalue weighted by Gasteiger charge is 2.09. The average Bonchev–Trinajstić information content (AvgIpc) is 2.75. The van der Waals surface area contributed by atoms with E-state index in [2.05, 4.69) is 15.0 Å². The monoisotopic (exact) mass is 304 g/mol. The molecule has 0 bridgehead atoms. The van der Waals surface area contributed by atoms with Crippen LogP contribution in [0.2, 0.25) is 5.02 Å². The number of hydrogen-bond donors (Lipinski definition) is 1. The minimum absolute atomic E-state index is 0.0316. The van der Waals surface area contributed by atoms with Crippen LogP contribution in [-0.4, -0.2) is 11.6 Å². The number of hydrogen-bond acceptors (Lipinski definition) is 4. The van der Waals surface area contributed by atoms with Crippen LogP contribution in [0.4, 0.5) is 14.5 Å². The Morgan fingerprint density at radius 3 is 2.84 bits per heavy atom. The predicted molar refractivity (Wildman–Crippen MR) is 72.3 cm³/mol. The van der Waals surface area contributed by atoms with Crippen molar-refractivity contribution in [2.24, 2.45) is 0 Å². The van der Waals surface area contributed by atoms with Crippen LogP contribution < -0.4 is 10.1 Å². The van der Waals surface area contributed by atoms with E-state index in [4.69, 9.17) is 11.6 Å². The lowest BCUT2D eigenvalue weighted by Gasteiger charge is -2.09. The number of ether oxygens (including phenoxy) is 1. The lowest BCUT2D eigenvalue weighted by atomic mass is 10.3. The SMILES string of the molecule is Cc1ncc(CNc2ccc(OC(F)F)c(Cl)c2)s1. The zero-order valence-corrected chi connectivity index (χ0v) is 11.6. The smallest absolute Gasteiger partial charge is 0.387 e. The third-order valence-electron chi connectivity index (χ3n) is 2.28. The summed E-state index contributed by atoms with van der Waals surface area (Å²) in [7, 11) is 0. The van der Waals surface area contributed by atoms with Crippen molar-refractivity contribution >= 4 is 28.6 Å². The number of halogens is 3. The Labute approximate surface area is 118 Å². The zero-order chi connectivity index (χ0) is 13.8. The van der Waals surface area contributed by atoms with E-state index in [1.54, 1.807) is 29.7 Å². The van der Waals surface area contributed by atoms with Crippen LogP contribution in [0, 0.1) is 6.92 Å². The molecular formula is C12H11ClF2N2OS. The van der Waals surface area contributed by atoms with Gasteiger partial charge in [0.05, 0.1) is 16.6 Å². The average molecular weight is 305 g/mol. The molecule has 1 N–H and O–H groups in total. The first-order chi connectivity index (χ1) is 9.04. The number of aromatic nitrogens is 1. The Morgan fingerprint density at radius 1 is 1.47 bits per heavy atom. The van der Waals surface area contributed by atoms with Crippen molar-refractivity contribution < 1.29 is 13.5 Å². The Kier molecular flexibility index (Phi) is 4.55. The number of rotatable bonds is 5. The van der Waals surface area contributed by atoms with Crippen LogP contribution in [0.1, 0.15) is 9.88 Å². The molecule has 19 heavy (non-hydrogen) atoms. The molecule has 0 amide bonds. The Balaban J connectivity index is 1.99. The van der Waals surface area contributed by atoms with E-state index in [1.807, 2.05) is 6.92 Å². The van der Waals surface area contributed by atoms with Crippen molar-refractivity contribution in [1.29, 1.82) is 0 Å². The van der Waals surface area contributed by atoms with Crippen molar-refractivity contribution in [2.75, 3.05) is 5.32 Å². The summed E-state index contributed by atoms with van der Waals surface area (Å²) in [6.45, 7) is -0.338. The normalized spacial score (nSPS) is 10.8. The van der Waals surface area contributed by atoms with Crippen LogP contribution >= 0.6 is 22.9 Å². The molecule has 0 aliphatic rings. The molecule has 0 radical (unpaired) electrons. The second kappa shape index (κ2) is 6.16. The van der Waals surface area contributed by atoms with E-state index >= 15 is 0 Å². The lowest BCUT2D eigenvalue weighted by molar-refractivity contribution is -0.0497. The number of nitrogens with zero attached hydrogens (tertiary/aromatic N) is 1. The van der Waals surface area contributed by atoms with Gasteiger partial charge in [-0.1, -0.05) is 11.6 Å². The molecule has 1 aromatic heterocycles. The number of alkyl halides is 2. The first-order valence-corrected chi connectivity index (χ1v) is 6.63. The van der Waals surface area contributed by atoms with Gasteiger partial charge in [0.1, 0.15) is 5.75 Å². The van der Waals surface area contributed by atoms with Gasteiger partial charge < -0.3 is 10.1 Å². The van der Waals surface area contributed by atoms with Crippen molar-refractivity contribution in [3.05, 3.63) is 39.3 Å². The number of nitrogens with one attached hydrogen (secondary N) is 1. The fraction of sp³-hybridized carbons (Fsp3) is 0.250. The molecule has 0 spiro atoms. The summed E-state index contributed by atoms with van der Waals surface area (Å²) >= 11 is 7.44. The maximum Gasteiger partial charge on any atom is 0.387 e. The van der Waals surface area contributed by atoms with E-state index in [0.717, 1.165) is 15.6 Å². The quantitative estimate of drug-likeness (QED) is 0.893. The van der Waals surface area contributed by atoms with Crippen LogP contribution in [0.5, 0.6) is 5.75 Å². The van der Waals surface area contributed by atoms with Crippen LogP contribution in [0.3, 0.4) is 0 Å². The Bertz CT molecular complexity index is 562. The summed E-state index contributed by atoms with van der Waals surface area (Å²) in [4.78, 5) is 5.23. The maximum atomic E-state index is 12.1. The molecule has 7 heteroatoms. The molecule has 0 fully saturated rings. The van der Waals surface area contributed by atoms with Crippen molar-refractivity contribution in [2.45, 2.75) is 20.1 Å². The highest BCUT2D eigenvalue weighted by molar-refractivity contribution is 7.11. The van der Waals surface area contributed by atoms with Gasteiger partial charge in [0.25, 0.3) is 0 Å². The molecular weight excluding hydrogens is 294 g/mol. The van der Waals surface area contributed by atoms with Gasteiger partial charge in [-0.3, -0.25) is 0 Å². The number of aryl methyl sites for hydroxylation is 1. The van der Waals surface area contributed by atoms with Gasteiger partial charge in [0.15, 0.2) is 0 Å². The molecule has 102 valence electrons. The Morgan fingerprint density at radius 2 is 2.26 bits per heavy atom. The minimum Gasteiger partial charge on any atom is -0.433 e. The van der Waals surface area contributed by atoms with E-state index in [-0.39, 0.29) is 10.8 Å². The van der Waals surface area contributed by atoms with Gasteiger partial charge in [0.2, 0.25) is 0 Å². The first-order valence-electron chi connectivity index (χ1n) is 5.44. The zero-order valence-electron chi connectivity index (χ0n) is 9.99. The predicted octanol–water partition coefficient (Wildman–Crippen LogP) is 4.32. The Hall–Kier alpha value is -1.40. The fourth-order valence-corrected chi connectivity index (χ4v) is 2.44. The number of thiazole rings is 1. The molecule has 0 saturated heterocycles. The van der Waals surface area contributed by atoms with Crippen molar-refractivity contribution in [3.63, 3.8) is 0 Å². The molecule has 2 rings (SSSR count). The molecule has 1 heterocycles. The minimum atomic E-state index is -2.88. The summed E-state index contributed by atoms with van der Waals surface area (Å²) in [5, 5.41) is 4.28. The van der Waals surface area contributed by atoms with Gasteiger partial charge >= 0.3 is 6.61 Å². The summed E-state index contributed by atoms with van der Waals surface area (Å²) in [5.41, 5.74) is 0.734. The highest BCUT2D eigenvalue weighted by atomic mass is 35.5. The lowest BCUT2D eigenvalue weighted by Crippen LogP contribution is -2.03. The summed E-state index contributed by atoms with van der Waals surface area (Å²) in [5.74, 6) is -0.0316. The molecule has 0 saturated carbocycles. The third kappa shape index (κ3) is 4.04. The maximum absolute atomic E-state index is 12.1. The second-order valence-corrected chi connectivity index (χ2v) is 5.45. The van der Waals surface area contributed by atoms with Crippen molar-refractivity contribution in [3.8, 4) is 5.75 Å². The van der Waals surface area contributed by atoms with Crippen LogP contribution in [0.15, 0.2) is 24.4 Å². The molecule has 0 atom stereocenters. The molecule has 0 aliphatic carbocycles. The van der Waals surface area contributed by atoms with Crippen LogP contribution in [0.25, 0.3) is 0 Å². The first kappa shape index (κ1) is 14.0. The summed E-state index contributed by atoms with van der Waals surface area (Å²) < 4.78 is 28.4. The molecule has 3 nitrogen and oxygen atoms in total. The molecule has 1 aromatic carbocycles. The van der Waals surface area contributed by atoms with Gasteiger partial charge in [-0.2, -0.15) is 8.78 Å². The third-order valence-corrected chi connectivity index (χ3v) is 3.49. The molecule has 2 aromatic rings. The second-order valence-electron chi connectivity index (χ2n) is 3.72. The summed E-state index contributed by atoms with van der Waals surface area (Å²) in [6.07, 6.45) is 1.79. The topological polar surface area (TPSA) is 34.2 Å². The largest absolute Gasteiger partial charge is 0.433 e. The van der Waals surface area contributed by atoms with Gasteiger partial charge in [-0.05, 0) is 25.1 Å². The van der Waals surface area contributed by atoms with E-state index in [9.17, 15) is 8.78 Å². The van der Waals surface area contributed by atoms with E-state index < -0.39 is 6.61 Å². The van der Waals surface area contributed by atoms with Gasteiger partial charge in [-0.15, -0.1) is 11.3 Å². The molecule has 0 unspecified atom stereocenters. The summed E-state index contributed by atoms with van der Waals surface area (Å²) in [6, 6.07) is 4.60. The van der Waals surface area contributed by atoms with E-state index in [1.165, 1.54) is 6.07 Å². The van der Waals surface area contributed by atoms with Gasteiger partial charge in [0, 0.05) is 16.8 Å². The van der Waals surface area contributed by atoms with Gasteiger partial charge in [-0.25, -0.2) is 4.98 Å². The fourth-order valence-electron chi connectivity index (χ4n) is 1.48. The standard InChI is InChI=1S/C12H11ClF2N2OS/c1-7-16-5-9(19-7)6-17-8-2-3-11(10(13)4-8)18-12(14)15/h2-5,12,17H,6H2,1H3. The van der Waals surface area contributed by atoms with Crippen LogP contribution in [-0.2, 0) is 6.54 Å². The molecule has 0 aliphatic heterocycles. The number of anilines is 1. The van der Waals surface area contributed by atoms with Crippen molar-refractivity contribution in [1.82, 2.24) is 4.98 Å². The van der Waals surface area contributed by atoms with E-state index in [0.29, 0.717) is 6.54 Å². The highest BCUT2D eigenvalue weighted by Crippen LogP contribution is 2.29. The number of benzene rings is 1.